The molecule has 9 heteroatoms. The van der Waals surface area contributed by atoms with E-state index < -0.39 is 35.4 Å². The molecule has 0 bridgehead atoms. The molecule has 0 spiro atoms. The molecule has 0 aliphatic carbocycles. The fraction of sp³-hybridized carbons (Fsp3) is 0.667. The van der Waals surface area contributed by atoms with Crippen molar-refractivity contribution in [1.82, 2.24) is 10.6 Å². The van der Waals surface area contributed by atoms with Gasteiger partial charge in [-0.1, -0.05) is 0 Å². The van der Waals surface area contributed by atoms with Crippen molar-refractivity contribution in [3.8, 4) is 0 Å². The predicted molar refractivity (Wildman–Crippen MR) is 71.9 cm³/mol. The number of carbonyl (C=O) groups is 4. The Kier molecular flexibility index (Phi) is 7.18. The molecule has 0 heterocycles. The molecule has 21 heavy (non-hydrogen) atoms. The van der Waals surface area contributed by atoms with Crippen LogP contribution in [0.5, 0.6) is 0 Å². The van der Waals surface area contributed by atoms with Gasteiger partial charge >= 0.3 is 12.1 Å². The summed E-state index contributed by atoms with van der Waals surface area (Å²) >= 11 is 0. The van der Waals surface area contributed by atoms with Crippen LogP contribution in [0, 0.1) is 5.92 Å². The van der Waals surface area contributed by atoms with Crippen molar-refractivity contribution in [3.05, 3.63) is 0 Å². The second kappa shape index (κ2) is 8.08. The van der Waals surface area contributed by atoms with Gasteiger partial charge in [0.2, 0.25) is 11.8 Å². The van der Waals surface area contributed by atoms with Crippen LogP contribution in [0.3, 0.4) is 0 Å². The van der Waals surface area contributed by atoms with Crippen LogP contribution in [0.1, 0.15) is 33.6 Å². The number of ether oxygens (including phenoxy) is 1. The molecular weight excluding hydrogens is 282 g/mol. The smallest absolute Gasteiger partial charge is 0.409 e. The fourth-order valence-electron chi connectivity index (χ4n) is 1.29. The van der Waals surface area contributed by atoms with Gasteiger partial charge in [0.05, 0.1) is 6.67 Å². The van der Waals surface area contributed by atoms with E-state index in [4.69, 9.17) is 15.6 Å². The van der Waals surface area contributed by atoms with E-state index in [1.54, 1.807) is 20.8 Å². The van der Waals surface area contributed by atoms with Crippen LogP contribution in [0.15, 0.2) is 0 Å². The number of alkyl carbamates (subject to hydrolysis) is 1. The van der Waals surface area contributed by atoms with Gasteiger partial charge in [0, 0.05) is 6.42 Å². The lowest BCUT2D eigenvalue weighted by Crippen LogP contribution is -2.43. The Morgan fingerprint density at radius 3 is 2.19 bits per heavy atom. The molecular formula is C12H21N3O6. The molecule has 0 aromatic carbocycles. The monoisotopic (exact) mass is 303 g/mol. The Labute approximate surface area is 122 Å². The van der Waals surface area contributed by atoms with Crippen molar-refractivity contribution in [2.24, 2.45) is 11.7 Å². The standard InChI is InChI=1S/C12H21N3O6/c1-12(2,3)21-11(20)15-6-14-9(17)7(10(18)19)4-5-8(13)16/h7H,4-6H2,1-3H3,(H2,13,16)(H,14,17)(H,15,20)(H,18,19). The highest BCUT2D eigenvalue weighted by Crippen LogP contribution is 2.07. The van der Waals surface area contributed by atoms with Crippen LogP contribution in [-0.2, 0) is 19.1 Å². The van der Waals surface area contributed by atoms with E-state index in [2.05, 4.69) is 10.6 Å². The average molecular weight is 303 g/mol. The zero-order valence-electron chi connectivity index (χ0n) is 12.3. The number of hydrogen-bond donors (Lipinski definition) is 4. The van der Waals surface area contributed by atoms with Crippen molar-refractivity contribution in [2.45, 2.75) is 39.2 Å². The number of nitrogens with one attached hydrogen (secondary N) is 2. The highest BCUT2D eigenvalue weighted by molar-refractivity contribution is 5.97. The molecule has 0 saturated carbocycles. The Bertz CT molecular complexity index is 416. The summed E-state index contributed by atoms with van der Waals surface area (Å²) in [6.45, 7) is 4.74. The number of amides is 3. The lowest BCUT2D eigenvalue weighted by molar-refractivity contribution is -0.147. The molecule has 1 atom stereocenters. The number of hydrogen-bond acceptors (Lipinski definition) is 5. The molecule has 0 aliphatic rings. The maximum atomic E-state index is 11.6. The predicted octanol–water partition coefficient (Wildman–Crippen LogP) is -0.449. The van der Waals surface area contributed by atoms with Crippen molar-refractivity contribution >= 4 is 23.9 Å². The number of aliphatic carboxylic acids is 1. The first-order valence-corrected chi connectivity index (χ1v) is 6.28. The Hall–Kier alpha value is -2.32. The lowest BCUT2D eigenvalue weighted by atomic mass is 10.0. The number of carboxylic acids is 1. The first-order valence-electron chi connectivity index (χ1n) is 6.28. The van der Waals surface area contributed by atoms with Crippen LogP contribution in [0.25, 0.3) is 0 Å². The minimum atomic E-state index is -1.40. The zero-order valence-corrected chi connectivity index (χ0v) is 12.3. The van der Waals surface area contributed by atoms with Crippen LogP contribution < -0.4 is 16.4 Å². The van der Waals surface area contributed by atoms with Gasteiger partial charge < -0.3 is 26.2 Å². The highest BCUT2D eigenvalue weighted by atomic mass is 16.6. The summed E-state index contributed by atoms with van der Waals surface area (Å²) in [6, 6.07) is 0. The summed E-state index contributed by atoms with van der Waals surface area (Å²) in [4.78, 5) is 44.4. The number of carboxylic acid groups (broad SMARTS) is 1. The Balaban J connectivity index is 4.23. The van der Waals surface area contributed by atoms with Gasteiger partial charge in [0.15, 0.2) is 0 Å². The summed E-state index contributed by atoms with van der Waals surface area (Å²) < 4.78 is 4.93. The lowest BCUT2D eigenvalue weighted by Gasteiger charge is -2.20. The number of nitrogens with two attached hydrogens (primary N) is 1. The summed E-state index contributed by atoms with van der Waals surface area (Å²) in [7, 11) is 0. The normalized spacial score (nSPS) is 12.1. The summed E-state index contributed by atoms with van der Waals surface area (Å²) in [5.41, 5.74) is 4.22. The third-order valence-electron chi connectivity index (χ3n) is 2.19. The number of primary amides is 1. The van der Waals surface area contributed by atoms with E-state index in [1.165, 1.54) is 0 Å². The SMILES string of the molecule is CC(C)(C)OC(=O)NCNC(=O)C(CCC(N)=O)C(=O)O. The van der Waals surface area contributed by atoms with Gasteiger partial charge in [-0.2, -0.15) is 0 Å². The van der Waals surface area contributed by atoms with Gasteiger partial charge in [-0.3, -0.25) is 14.4 Å². The van der Waals surface area contributed by atoms with Gasteiger partial charge in [-0.05, 0) is 27.2 Å². The fourth-order valence-corrected chi connectivity index (χ4v) is 1.29. The van der Waals surface area contributed by atoms with E-state index in [0.29, 0.717) is 0 Å². The molecule has 0 rings (SSSR count). The van der Waals surface area contributed by atoms with Crippen molar-refractivity contribution < 1.29 is 29.0 Å². The van der Waals surface area contributed by atoms with Gasteiger partial charge in [0.1, 0.15) is 11.5 Å². The highest BCUT2D eigenvalue weighted by Gasteiger charge is 2.26. The molecule has 0 aliphatic heterocycles. The van der Waals surface area contributed by atoms with Gasteiger partial charge in [-0.25, -0.2) is 4.79 Å². The second-order valence-electron chi connectivity index (χ2n) is 5.29. The minimum Gasteiger partial charge on any atom is -0.481 e. The summed E-state index contributed by atoms with van der Waals surface area (Å²) in [6.07, 6.45) is -1.17. The van der Waals surface area contributed by atoms with Crippen LogP contribution in [0.2, 0.25) is 0 Å². The molecule has 0 fully saturated rings. The first-order chi connectivity index (χ1) is 9.53. The molecule has 120 valence electrons. The maximum Gasteiger partial charge on any atom is 0.409 e. The topological polar surface area (TPSA) is 148 Å². The molecule has 3 amide bonds. The first kappa shape index (κ1) is 18.7. The van der Waals surface area contributed by atoms with E-state index >= 15 is 0 Å². The largest absolute Gasteiger partial charge is 0.481 e. The number of carbonyl (C=O) groups excluding carboxylic acids is 3. The van der Waals surface area contributed by atoms with Gasteiger partial charge in [-0.15, -0.1) is 0 Å². The molecule has 0 aromatic heterocycles. The quantitative estimate of drug-likeness (QED) is 0.370. The minimum absolute atomic E-state index is 0.205. The average Bonchev–Trinajstić information content (AvgIpc) is 2.25. The third kappa shape index (κ3) is 9.25. The maximum absolute atomic E-state index is 11.6. The zero-order chi connectivity index (χ0) is 16.6. The molecule has 1 unspecified atom stereocenters. The summed E-state index contributed by atoms with van der Waals surface area (Å²) in [5.74, 6) is -4.29. The Morgan fingerprint density at radius 1 is 1.19 bits per heavy atom. The van der Waals surface area contributed by atoms with E-state index in [0.717, 1.165) is 0 Å². The van der Waals surface area contributed by atoms with Crippen molar-refractivity contribution in [3.63, 3.8) is 0 Å². The molecule has 0 aromatic rings. The van der Waals surface area contributed by atoms with E-state index in [9.17, 15) is 19.2 Å². The molecule has 0 saturated heterocycles. The molecule has 0 radical (unpaired) electrons. The molecule has 5 N–H and O–H groups in total. The van der Waals surface area contributed by atoms with Crippen molar-refractivity contribution in [1.29, 1.82) is 0 Å². The third-order valence-corrected chi connectivity index (χ3v) is 2.19. The Morgan fingerprint density at radius 2 is 1.76 bits per heavy atom. The van der Waals surface area contributed by atoms with Gasteiger partial charge in [0.25, 0.3) is 0 Å². The van der Waals surface area contributed by atoms with Crippen LogP contribution >= 0.6 is 0 Å². The van der Waals surface area contributed by atoms with Crippen molar-refractivity contribution in [2.75, 3.05) is 6.67 Å². The van der Waals surface area contributed by atoms with Crippen LogP contribution in [-0.4, -0.2) is 41.3 Å². The number of rotatable bonds is 7. The summed E-state index contributed by atoms with van der Waals surface area (Å²) in [5, 5.41) is 13.4. The molecule has 9 nitrogen and oxygen atoms in total. The van der Waals surface area contributed by atoms with Crippen LogP contribution in [0.4, 0.5) is 4.79 Å². The second-order valence-corrected chi connectivity index (χ2v) is 5.29. The van der Waals surface area contributed by atoms with E-state index in [-0.39, 0.29) is 19.5 Å². The van der Waals surface area contributed by atoms with E-state index in [1.807, 2.05) is 0 Å².